The highest BCUT2D eigenvalue weighted by atomic mass is 16.7. The standard InChI is InChI=1S/C33H54N4O12/c38-26(34-20-9-5-1-3-7-12-32(44)48-36-28(40)14-15-29(36)41)18-24-46-22-11-23-47-25-19-27(39)35-21-10-6-2-4-8-13-33(45)49-37-30(42)16-17-31(37)43/h28,40H,1-25H2,(H,34,38)(H,35,39). The van der Waals surface area contributed by atoms with Gasteiger partial charge in [0.15, 0.2) is 6.23 Å². The predicted octanol–water partition coefficient (Wildman–Crippen LogP) is 2.11. The van der Waals surface area contributed by atoms with Gasteiger partial charge >= 0.3 is 11.9 Å². The summed E-state index contributed by atoms with van der Waals surface area (Å²) in [7, 11) is 0. The fraction of sp³-hybridized carbons (Fsp3) is 0.788. The van der Waals surface area contributed by atoms with Crippen LogP contribution in [0.5, 0.6) is 0 Å². The molecule has 2 rings (SSSR count). The lowest BCUT2D eigenvalue weighted by molar-refractivity contribution is -0.220. The van der Waals surface area contributed by atoms with Gasteiger partial charge < -0.3 is 34.9 Å². The SMILES string of the molecule is O=C(CCOCCCOCCC(=O)NCCCCCCCC(=O)ON1C(=O)CCC1O)NCCCCCCCC(=O)ON1C(=O)CCC1=O. The van der Waals surface area contributed by atoms with Gasteiger partial charge in [-0.25, -0.2) is 9.59 Å². The molecule has 16 heteroatoms. The predicted molar refractivity (Wildman–Crippen MR) is 172 cm³/mol. The molecule has 2 aliphatic rings. The topological polar surface area (TPSA) is 207 Å². The molecule has 2 aliphatic heterocycles. The molecule has 278 valence electrons. The largest absolute Gasteiger partial charge is 0.381 e. The Morgan fingerprint density at radius 3 is 1.53 bits per heavy atom. The number of hydrogen-bond acceptors (Lipinski definition) is 12. The van der Waals surface area contributed by atoms with Crippen LogP contribution in [0.3, 0.4) is 0 Å². The molecule has 0 aliphatic carbocycles. The van der Waals surface area contributed by atoms with Crippen LogP contribution in [0.4, 0.5) is 0 Å². The Balaban J connectivity index is 1.26. The maximum atomic E-state index is 11.9. The van der Waals surface area contributed by atoms with E-state index >= 15 is 0 Å². The minimum atomic E-state index is -1.05. The summed E-state index contributed by atoms with van der Waals surface area (Å²) in [6.45, 7) is 2.70. The summed E-state index contributed by atoms with van der Waals surface area (Å²) in [4.78, 5) is 91.6. The molecule has 1 unspecified atom stereocenters. The molecular formula is C33H54N4O12. The van der Waals surface area contributed by atoms with Crippen molar-refractivity contribution in [1.29, 1.82) is 0 Å². The highest BCUT2D eigenvalue weighted by Gasteiger charge is 2.33. The van der Waals surface area contributed by atoms with E-state index in [1.165, 1.54) is 0 Å². The number of hydrogen-bond donors (Lipinski definition) is 3. The molecule has 2 saturated heterocycles. The molecule has 0 radical (unpaired) electrons. The summed E-state index contributed by atoms with van der Waals surface area (Å²) in [5.74, 6) is -2.60. The van der Waals surface area contributed by atoms with Crippen LogP contribution in [0.25, 0.3) is 0 Å². The van der Waals surface area contributed by atoms with E-state index in [-0.39, 0.29) is 69.1 Å². The number of carbonyl (C=O) groups excluding carboxylic acids is 7. The third-order valence-electron chi connectivity index (χ3n) is 7.82. The average Bonchev–Trinajstić information content (AvgIpc) is 3.56. The Bertz CT molecular complexity index is 1060. The van der Waals surface area contributed by atoms with E-state index in [0.717, 1.165) is 56.4 Å². The van der Waals surface area contributed by atoms with Gasteiger partial charge in [0.1, 0.15) is 0 Å². The van der Waals surface area contributed by atoms with Crippen LogP contribution in [0.2, 0.25) is 0 Å². The van der Waals surface area contributed by atoms with Gasteiger partial charge in [0.25, 0.3) is 17.7 Å². The fourth-order valence-electron chi connectivity index (χ4n) is 5.00. The van der Waals surface area contributed by atoms with E-state index < -0.39 is 30.0 Å². The lowest BCUT2D eigenvalue weighted by Crippen LogP contribution is -2.35. The molecule has 0 aromatic carbocycles. The van der Waals surface area contributed by atoms with Crippen LogP contribution in [0.1, 0.15) is 122 Å². The van der Waals surface area contributed by atoms with Crippen LogP contribution in [0, 0.1) is 0 Å². The van der Waals surface area contributed by atoms with E-state index in [0.29, 0.717) is 63.8 Å². The molecule has 0 bridgehead atoms. The number of unbranched alkanes of at least 4 members (excludes halogenated alkanes) is 8. The van der Waals surface area contributed by atoms with Crippen molar-refractivity contribution in [3.63, 3.8) is 0 Å². The summed E-state index contributed by atoms with van der Waals surface area (Å²) in [5.41, 5.74) is 0. The zero-order valence-corrected chi connectivity index (χ0v) is 28.6. The molecule has 16 nitrogen and oxygen atoms in total. The van der Waals surface area contributed by atoms with Crippen molar-refractivity contribution >= 4 is 41.5 Å². The van der Waals surface area contributed by atoms with Crippen molar-refractivity contribution in [2.75, 3.05) is 39.5 Å². The van der Waals surface area contributed by atoms with Crippen molar-refractivity contribution in [3.8, 4) is 0 Å². The van der Waals surface area contributed by atoms with Crippen LogP contribution >= 0.6 is 0 Å². The van der Waals surface area contributed by atoms with Crippen molar-refractivity contribution in [3.05, 3.63) is 0 Å². The normalized spacial score (nSPS) is 15.9. The Morgan fingerprint density at radius 1 is 0.571 bits per heavy atom. The first-order chi connectivity index (χ1) is 23.7. The van der Waals surface area contributed by atoms with Crippen LogP contribution in [0.15, 0.2) is 0 Å². The maximum absolute atomic E-state index is 11.9. The van der Waals surface area contributed by atoms with Gasteiger partial charge in [0, 0.05) is 77.7 Å². The molecule has 49 heavy (non-hydrogen) atoms. The molecule has 0 aromatic heterocycles. The van der Waals surface area contributed by atoms with Gasteiger partial charge in [0.05, 0.1) is 13.2 Å². The van der Waals surface area contributed by atoms with Crippen molar-refractivity contribution in [1.82, 2.24) is 20.8 Å². The molecule has 0 aromatic rings. The number of imide groups is 1. The van der Waals surface area contributed by atoms with E-state index in [4.69, 9.17) is 19.1 Å². The number of aliphatic hydroxyl groups is 1. The summed E-state index contributed by atoms with van der Waals surface area (Å²) in [5, 5.41) is 16.6. The molecule has 3 N–H and O–H groups in total. The van der Waals surface area contributed by atoms with E-state index in [9.17, 15) is 38.7 Å². The van der Waals surface area contributed by atoms with E-state index in [1.54, 1.807) is 0 Å². The van der Waals surface area contributed by atoms with Gasteiger partial charge in [-0.3, -0.25) is 24.0 Å². The molecule has 0 saturated carbocycles. The Labute approximate surface area is 287 Å². The average molecular weight is 699 g/mol. The number of nitrogens with one attached hydrogen (secondary N) is 2. The van der Waals surface area contributed by atoms with Gasteiger partial charge in [-0.2, -0.15) is 0 Å². The smallest absolute Gasteiger partial charge is 0.333 e. The number of carbonyl (C=O) groups is 7. The van der Waals surface area contributed by atoms with Crippen molar-refractivity contribution in [2.24, 2.45) is 0 Å². The second kappa shape index (κ2) is 25.4. The number of rotatable bonds is 28. The quantitative estimate of drug-likeness (QED) is 0.0793. The monoisotopic (exact) mass is 698 g/mol. The number of aliphatic hydroxyl groups excluding tert-OH is 1. The lowest BCUT2D eigenvalue weighted by atomic mass is 10.1. The van der Waals surface area contributed by atoms with E-state index in [2.05, 4.69) is 10.6 Å². The number of amides is 5. The molecule has 5 amide bonds. The summed E-state index contributed by atoms with van der Waals surface area (Å²) in [6.07, 6.45) is 9.23. The Hall–Kier alpha value is -3.63. The Morgan fingerprint density at radius 2 is 1.04 bits per heavy atom. The Kier molecular flexibility index (Phi) is 21.5. The number of hydroxylamine groups is 4. The van der Waals surface area contributed by atoms with Gasteiger partial charge in [-0.05, 0) is 32.1 Å². The van der Waals surface area contributed by atoms with Crippen molar-refractivity contribution < 1.29 is 57.8 Å². The summed E-state index contributed by atoms with van der Waals surface area (Å²) in [6, 6.07) is 0. The van der Waals surface area contributed by atoms with E-state index in [1.807, 2.05) is 0 Å². The second-order valence-corrected chi connectivity index (χ2v) is 12.1. The minimum Gasteiger partial charge on any atom is -0.381 e. The second-order valence-electron chi connectivity index (χ2n) is 12.1. The zero-order chi connectivity index (χ0) is 35.7. The molecular weight excluding hydrogens is 644 g/mol. The summed E-state index contributed by atoms with van der Waals surface area (Å²) < 4.78 is 11.0. The highest BCUT2D eigenvalue weighted by molar-refractivity contribution is 6.01. The molecule has 2 heterocycles. The van der Waals surface area contributed by atoms with Gasteiger partial charge in [-0.15, -0.1) is 10.1 Å². The van der Waals surface area contributed by atoms with Crippen LogP contribution < -0.4 is 10.6 Å². The van der Waals surface area contributed by atoms with Crippen molar-refractivity contribution in [2.45, 2.75) is 128 Å². The molecule has 0 spiro atoms. The van der Waals surface area contributed by atoms with Gasteiger partial charge in [0.2, 0.25) is 11.8 Å². The third kappa shape index (κ3) is 19.2. The third-order valence-corrected chi connectivity index (χ3v) is 7.82. The fourth-order valence-corrected chi connectivity index (χ4v) is 5.00. The molecule has 1 atom stereocenters. The first-order valence-corrected chi connectivity index (χ1v) is 17.6. The first kappa shape index (κ1) is 41.5. The van der Waals surface area contributed by atoms with Gasteiger partial charge in [-0.1, -0.05) is 38.5 Å². The number of ether oxygens (including phenoxy) is 2. The maximum Gasteiger partial charge on any atom is 0.333 e. The summed E-state index contributed by atoms with van der Waals surface area (Å²) >= 11 is 0. The zero-order valence-electron chi connectivity index (χ0n) is 28.6. The van der Waals surface area contributed by atoms with Crippen LogP contribution in [-0.4, -0.2) is 102 Å². The lowest BCUT2D eigenvalue weighted by Gasteiger charge is -2.18. The highest BCUT2D eigenvalue weighted by Crippen LogP contribution is 2.18. The number of nitrogens with zero attached hydrogens (tertiary/aromatic N) is 2. The molecule has 2 fully saturated rings. The minimum absolute atomic E-state index is 0.0714. The van der Waals surface area contributed by atoms with Crippen LogP contribution in [-0.2, 0) is 52.7 Å². The first-order valence-electron chi connectivity index (χ1n) is 17.6.